The average molecular weight is 192 g/mol. The Kier molecular flexibility index (Phi) is 5.61. The van der Waals surface area contributed by atoms with E-state index in [1.165, 1.54) is 0 Å². The van der Waals surface area contributed by atoms with Crippen molar-refractivity contribution in [3.05, 3.63) is 30.5 Å². The smallest absolute Gasteiger partial charge is 0.0650 e. The number of rotatable bonds is 0. The number of aromatic amines is 1. The maximum Gasteiger partial charge on any atom is 0.0650 e. The standard InChI is InChI=1S/C7H6N2.C4H10.CH4/c1-2-4-7-6(3-1)5-8-9-7;1-4(2)3;/h1-5H,(H,8,9);4H,1-3H3;1H4. The highest BCUT2D eigenvalue weighted by atomic mass is 15.1. The van der Waals surface area contributed by atoms with Gasteiger partial charge in [-0.1, -0.05) is 46.4 Å². The van der Waals surface area contributed by atoms with Gasteiger partial charge in [0.1, 0.15) is 0 Å². The molecule has 0 saturated heterocycles. The van der Waals surface area contributed by atoms with Gasteiger partial charge >= 0.3 is 0 Å². The van der Waals surface area contributed by atoms with Crippen molar-refractivity contribution in [1.29, 1.82) is 0 Å². The van der Waals surface area contributed by atoms with E-state index in [0.717, 1.165) is 16.8 Å². The van der Waals surface area contributed by atoms with E-state index in [2.05, 4.69) is 31.0 Å². The van der Waals surface area contributed by atoms with E-state index in [1.807, 2.05) is 30.5 Å². The van der Waals surface area contributed by atoms with Gasteiger partial charge in [-0.05, 0) is 12.0 Å². The first-order chi connectivity index (χ1) is 6.20. The number of nitrogens with one attached hydrogen (secondary N) is 1. The van der Waals surface area contributed by atoms with Crippen molar-refractivity contribution in [2.75, 3.05) is 0 Å². The van der Waals surface area contributed by atoms with Crippen LogP contribution in [-0.4, -0.2) is 10.2 Å². The fourth-order valence-corrected chi connectivity index (χ4v) is 0.883. The minimum atomic E-state index is 0. The third kappa shape index (κ3) is 4.08. The van der Waals surface area contributed by atoms with Gasteiger partial charge in [0, 0.05) is 5.39 Å². The van der Waals surface area contributed by atoms with E-state index in [-0.39, 0.29) is 7.43 Å². The van der Waals surface area contributed by atoms with Gasteiger partial charge in [0.25, 0.3) is 0 Å². The Labute approximate surface area is 86.3 Å². The molecule has 2 aromatic rings. The van der Waals surface area contributed by atoms with E-state index in [0.29, 0.717) is 0 Å². The lowest BCUT2D eigenvalue weighted by molar-refractivity contribution is 0.737. The SMILES string of the molecule is C.CC(C)C.c1ccc2[nH]ncc2c1. The Hall–Kier alpha value is -1.31. The van der Waals surface area contributed by atoms with Crippen molar-refractivity contribution in [2.45, 2.75) is 28.2 Å². The third-order valence-corrected chi connectivity index (χ3v) is 1.35. The highest BCUT2D eigenvalue weighted by molar-refractivity contribution is 5.77. The van der Waals surface area contributed by atoms with Crippen molar-refractivity contribution in [3.8, 4) is 0 Å². The fraction of sp³-hybridized carbons (Fsp3) is 0.417. The monoisotopic (exact) mass is 192 g/mol. The molecule has 0 radical (unpaired) electrons. The minimum absolute atomic E-state index is 0. The number of benzene rings is 1. The molecule has 0 saturated carbocycles. The summed E-state index contributed by atoms with van der Waals surface area (Å²) in [5, 5.41) is 7.91. The van der Waals surface area contributed by atoms with E-state index < -0.39 is 0 Å². The first-order valence-corrected chi connectivity index (χ1v) is 4.58. The number of fused-ring (bicyclic) bond motifs is 1. The molecule has 1 aromatic heterocycles. The highest BCUT2D eigenvalue weighted by Crippen LogP contribution is 2.06. The first kappa shape index (κ1) is 12.7. The molecular weight excluding hydrogens is 172 g/mol. The molecular formula is C12H20N2. The lowest BCUT2D eigenvalue weighted by atomic mass is 10.3. The van der Waals surface area contributed by atoms with E-state index >= 15 is 0 Å². The second-order valence-corrected chi connectivity index (χ2v) is 3.69. The lowest BCUT2D eigenvalue weighted by Crippen LogP contribution is -1.66. The van der Waals surface area contributed by atoms with Crippen molar-refractivity contribution in [1.82, 2.24) is 10.2 Å². The van der Waals surface area contributed by atoms with Crippen molar-refractivity contribution in [2.24, 2.45) is 5.92 Å². The maximum absolute atomic E-state index is 3.88. The molecule has 2 nitrogen and oxygen atoms in total. The van der Waals surface area contributed by atoms with Crippen molar-refractivity contribution < 1.29 is 0 Å². The molecule has 2 rings (SSSR count). The van der Waals surface area contributed by atoms with Gasteiger partial charge in [0.15, 0.2) is 0 Å². The predicted octanol–water partition coefficient (Wildman–Crippen LogP) is 3.86. The molecule has 0 spiro atoms. The maximum atomic E-state index is 3.88. The van der Waals surface area contributed by atoms with Crippen LogP contribution in [0, 0.1) is 5.92 Å². The molecule has 0 aliphatic rings. The van der Waals surface area contributed by atoms with Gasteiger partial charge < -0.3 is 0 Å². The van der Waals surface area contributed by atoms with Crippen LogP contribution in [0.15, 0.2) is 30.5 Å². The van der Waals surface area contributed by atoms with E-state index in [9.17, 15) is 0 Å². The zero-order valence-corrected chi connectivity index (χ0v) is 8.41. The average Bonchev–Trinajstić information content (AvgIpc) is 2.49. The van der Waals surface area contributed by atoms with Crippen LogP contribution in [0.2, 0.25) is 0 Å². The summed E-state index contributed by atoms with van der Waals surface area (Å²) in [6.45, 7) is 6.50. The summed E-state index contributed by atoms with van der Waals surface area (Å²) >= 11 is 0. The van der Waals surface area contributed by atoms with E-state index in [1.54, 1.807) is 0 Å². The molecule has 78 valence electrons. The molecule has 0 atom stereocenters. The van der Waals surface area contributed by atoms with Crippen LogP contribution in [0.25, 0.3) is 10.9 Å². The summed E-state index contributed by atoms with van der Waals surface area (Å²) in [5.74, 6) is 0.833. The van der Waals surface area contributed by atoms with Crippen LogP contribution in [0.5, 0.6) is 0 Å². The molecule has 0 amide bonds. The quantitative estimate of drug-likeness (QED) is 0.674. The lowest BCUT2D eigenvalue weighted by Gasteiger charge is -1.81. The summed E-state index contributed by atoms with van der Waals surface area (Å²) in [6, 6.07) is 8.01. The summed E-state index contributed by atoms with van der Waals surface area (Å²) in [6.07, 6.45) is 1.81. The van der Waals surface area contributed by atoms with Gasteiger partial charge in [0.05, 0.1) is 11.7 Å². The van der Waals surface area contributed by atoms with E-state index in [4.69, 9.17) is 0 Å². The number of H-pyrrole nitrogens is 1. The van der Waals surface area contributed by atoms with Crippen LogP contribution < -0.4 is 0 Å². The van der Waals surface area contributed by atoms with Gasteiger partial charge in [-0.15, -0.1) is 0 Å². The van der Waals surface area contributed by atoms with Gasteiger partial charge in [-0.25, -0.2) is 0 Å². The number of para-hydroxylation sites is 1. The third-order valence-electron chi connectivity index (χ3n) is 1.35. The van der Waals surface area contributed by atoms with Gasteiger partial charge in [0.2, 0.25) is 0 Å². The first-order valence-electron chi connectivity index (χ1n) is 4.58. The van der Waals surface area contributed by atoms with Gasteiger partial charge in [-0.3, -0.25) is 5.10 Å². The molecule has 0 unspecified atom stereocenters. The fourth-order valence-electron chi connectivity index (χ4n) is 0.883. The molecule has 1 heterocycles. The summed E-state index contributed by atoms with van der Waals surface area (Å²) in [7, 11) is 0. The van der Waals surface area contributed by atoms with Crippen LogP contribution in [-0.2, 0) is 0 Å². The Morgan fingerprint density at radius 1 is 1.14 bits per heavy atom. The topological polar surface area (TPSA) is 28.7 Å². The highest BCUT2D eigenvalue weighted by Gasteiger charge is 1.88. The number of hydrogen-bond donors (Lipinski definition) is 1. The normalized spacial score (nSPS) is 9.14. The Bertz CT molecular complexity index is 317. The Morgan fingerprint density at radius 2 is 1.71 bits per heavy atom. The Balaban J connectivity index is 0.000000299. The summed E-state index contributed by atoms with van der Waals surface area (Å²) in [4.78, 5) is 0. The molecule has 14 heavy (non-hydrogen) atoms. The number of nitrogens with zero attached hydrogens (tertiary/aromatic N) is 1. The molecule has 1 aromatic carbocycles. The van der Waals surface area contributed by atoms with Crippen molar-refractivity contribution in [3.63, 3.8) is 0 Å². The molecule has 2 heteroatoms. The predicted molar refractivity (Wildman–Crippen MR) is 63.3 cm³/mol. The second-order valence-electron chi connectivity index (χ2n) is 3.69. The zero-order valence-electron chi connectivity index (χ0n) is 8.41. The number of aromatic nitrogens is 2. The Morgan fingerprint density at radius 3 is 2.29 bits per heavy atom. The largest absolute Gasteiger partial charge is 0.278 e. The van der Waals surface area contributed by atoms with Gasteiger partial charge in [-0.2, -0.15) is 5.10 Å². The van der Waals surface area contributed by atoms with Crippen molar-refractivity contribution >= 4 is 10.9 Å². The van der Waals surface area contributed by atoms with Crippen LogP contribution in [0.4, 0.5) is 0 Å². The zero-order chi connectivity index (χ0) is 9.68. The van der Waals surface area contributed by atoms with Crippen LogP contribution in [0.3, 0.4) is 0 Å². The number of hydrogen-bond acceptors (Lipinski definition) is 1. The molecule has 0 aliphatic heterocycles. The molecule has 0 bridgehead atoms. The van der Waals surface area contributed by atoms with Crippen LogP contribution >= 0.6 is 0 Å². The van der Waals surface area contributed by atoms with Crippen LogP contribution in [0.1, 0.15) is 28.2 Å². The summed E-state index contributed by atoms with van der Waals surface area (Å²) in [5.41, 5.74) is 1.09. The molecule has 0 aliphatic carbocycles. The second kappa shape index (κ2) is 6.19. The minimum Gasteiger partial charge on any atom is -0.278 e. The molecule has 1 N–H and O–H groups in total. The summed E-state index contributed by atoms with van der Waals surface area (Å²) < 4.78 is 0. The molecule has 0 fully saturated rings.